The van der Waals surface area contributed by atoms with Crippen LogP contribution in [0.25, 0.3) is 22.3 Å². The van der Waals surface area contributed by atoms with Gasteiger partial charge in [0.05, 0.1) is 5.52 Å². The zero-order valence-electron chi connectivity index (χ0n) is 16.1. The van der Waals surface area contributed by atoms with Crippen molar-refractivity contribution in [3.63, 3.8) is 0 Å². The number of fused-ring (bicyclic) bond motifs is 1. The number of anilines is 1. The summed E-state index contributed by atoms with van der Waals surface area (Å²) in [6.45, 7) is 6.82. The normalized spacial score (nSPS) is 15.0. The molecule has 1 aliphatic rings. The minimum Gasteiger partial charge on any atom is -0.368 e. The first kappa shape index (κ1) is 18.4. The largest absolute Gasteiger partial charge is 0.368 e. The molecule has 0 unspecified atom stereocenters. The summed E-state index contributed by atoms with van der Waals surface area (Å²) in [5.74, 6) is 1.77. The maximum Gasteiger partial charge on any atom is 0.219 e. The number of piperazine rings is 1. The molecule has 2 aromatic carbocycles. The molecule has 1 fully saturated rings. The van der Waals surface area contributed by atoms with Crippen LogP contribution in [0.2, 0.25) is 0 Å². The fourth-order valence-electron chi connectivity index (χ4n) is 3.55. The summed E-state index contributed by atoms with van der Waals surface area (Å²) in [6, 6.07) is 18.2. The number of carbonyl (C=O) groups is 1. The number of amides is 1. The highest BCUT2D eigenvalue weighted by atomic mass is 16.2. The van der Waals surface area contributed by atoms with Gasteiger partial charge < -0.3 is 10.2 Å². The molecule has 4 rings (SSSR count). The Kier molecular flexibility index (Phi) is 5.48. The smallest absolute Gasteiger partial charge is 0.219 e. The van der Waals surface area contributed by atoms with Gasteiger partial charge in [-0.2, -0.15) is 0 Å². The van der Waals surface area contributed by atoms with Crippen LogP contribution in [0.5, 0.6) is 0 Å². The highest BCUT2D eigenvalue weighted by molar-refractivity contribution is 5.90. The average Bonchev–Trinajstić information content (AvgIpc) is 2.74. The minimum atomic E-state index is 0.165. The Bertz CT molecular complexity index is 952. The first-order chi connectivity index (χ1) is 13.7. The molecule has 0 bridgehead atoms. The van der Waals surface area contributed by atoms with E-state index in [1.807, 2.05) is 53.4 Å². The number of hydrogen-bond donors (Lipinski definition) is 1. The lowest BCUT2D eigenvalue weighted by Gasteiger charge is -2.34. The van der Waals surface area contributed by atoms with Crippen molar-refractivity contribution in [1.29, 1.82) is 0 Å². The second-order valence-electron chi connectivity index (χ2n) is 7.05. The molecule has 1 aliphatic heterocycles. The van der Waals surface area contributed by atoms with E-state index in [-0.39, 0.29) is 5.91 Å². The van der Waals surface area contributed by atoms with Gasteiger partial charge in [-0.1, -0.05) is 42.5 Å². The van der Waals surface area contributed by atoms with Gasteiger partial charge in [0, 0.05) is 57.1 Å². The minimum absolute atomic E-state index is 0.165. The highest BCUT2D eigenvalue weighted by Crippen LogP contribution is 2.24. The third-order valence-corrected chi connectivity index (χ3v) is 5.17. The maximum atomic E-state index is 11.5. The fraction of sp³-hybridized carbons (Fsp3) is 0.318. The van der Waals surface area contributed by atoms with E-state index in [9.17, 15) is 4.79 Å². The average molecular weight is 375 g/mol. The van der Waals surface area contributed by atoms with Gasteiger partial charge in [0.25, 0.3) is 0 Å². The standard InChI is InChI=1S/C22H25N5O/c1-17(28)27-15-13-26(14-16-27)12-11-23-22-19-9-5-6-10-20(19)24-21(25-22)18-7-3-2-4-8-18/h2-10H,11-16H2,1H3,(H,23,24,25). The molecule has 144 valence electrons. The van der Waals surface area contributed by atoms with Gasteiger partial charge in [-0.15, -0.1) is 0 Å². The van der Waals surface area contributed by atoms with Gasteiger partial charge in [0.15, 0.2) is 5.82 Å². The number of carbonyl (C=O) groups excluding carboxylic acids is 1. The number of aromatic nitrogens is 2. The van der Waals surface area contributed by atoms with Gasteiger partial charge in [-0.3, -0.25) is 9.69 Å². The van der Waals surface area contributed by atoms with Crippen LogP contribution in [0.1, 0.15) is 6.92 Å². The van der Waals surface area contributed by atoms with Crippen LogP contribution in [-0.4, -0.2) is 64.9 Å². The molecular formula is C22H25N5O. The third kappa shape index (κ3) is 4.12. The number of nitrogens with one attached hydrogen (secondary N) is 1. The summed E-state index contributed by atoms with van der Waals surface area (Å²) in [6.07, 6.45) is 0. The Balaban J connectivity index is 1.47. The number of benzene rings is 2. The monoisotopic (exact) mass is 375 g/mol. The Morgan fingerprint density at radius 1 is 0.964 bits per heavy atom. The number of para-hydroxylation sites is 1. The molecule has 0 aliphatic carbocycles. The molecule has 2 heterocycles. The molecular weight excluding hydrogens is 350 g/mol. The molecule has 0 spiro atoms. The fourth-order valence-corrected chi connectivity index (χ4v) is 3.55. The number of rotatable bonds is 5. The van der Waals surface area contributed by atoms with E-state index in [2.05, 4.69) is 16.3 Å². The van der Waals surface area contributed by atoms with Gasteiger partial charge in [-0.25, -0.2) is 9.97 Å². The predicted molar refractivity (Wildman–Crippen MR) is 112 cm³/mol. The molecule has 1 amide bonds. The van der Waals surface area contributed by atoms with Crippen LogP contribution in [0.3, 0.4) is 0 Å². The van der Waals surface area contributed by atoms with Gasteiger partial charge in [0.1, 0.15) is 5.82 Å². The summed E-state index contributed by atoms with van der Waals surface area (Å²) in [7, 11) is 0. The Labute approximate surface area is 165 Å². The quantitative estimate of drug-likeness (QED) is 0.743. The van der Waals surface area contributed by atoms with Crippen LogP contribution in [0.4, 0.5) is 5.82 Å². The molecule has 6 heteroatoms. The molecule has 1 aromatic heterocycles. The zero-order chi connectivity index (χ0) is 19.3. The van der Waals surface area contributed by atoms with Crippen molar-refractivity contribution in [2.45, 2.75) is 6.92 Å². The third-order valence-electron chi connectivity index (χ3n) is 5.17. The molecule has 0 saturated carbocycles. The second-order valence-corrected chi connectivity index (χ2v) is 7.05. The Morgan fingerprint density at radius 3 is 2.43 bits per heavy atom. The van der Waals surface area contributed by atoms with Gasteiger partial charge >= 0.3 is 0 Å². The molecule has 1 N–H and O–H groups in total. The van der Waals surface area contributed by atoms with E-state index in [1.54, 1.807) is 6.92 Å². The van der Waals surface area contributed by atoms with Crippen LogP contribution in [-0.2, 0) is 4.79 Å². The molecule has 28 heavy (non-hydrogen) atoms. The number of hydrogen-bond acceptors (Lipinski definition) is 5. The topological polar surface area (TPSA) is 61.4 Å². The van der Waals surface area contributed by atoms with Crippen molar-refractivity contribution in [3.05, 3.63) is 54.6 Å². The Morgan fingerprint density at radius 2 is 1.68 bits per heavy atom. The summed E-state index contributed by atoms with van der Waals surface area (Å²) in [5.41, 5.74) is 1.95. The molecule has 6 nitrogen and oxygen atoms in total. The summed E-state index contributed by atoms with van der Waals surface area (Å²) in [4.78, 5) is 25.3. The van der Waals surface area contributed by atoms with Crippen LogP contribution >= 0.6 is 0 Å². The lowest BCUT2D eigenvalue weighted by atomic mass is 10.2. The van der Waals surface area contributed by atoms with Crippen molar-refractivity contribution in [2.75, 3.05) is 44.6 Å². The van der Waals surface area contributed by atoms with Crippen molar-refractivity contribution in [1.82, 2.24) is 19.8 Å². The lowest BCUT2D eigenvalue weighted by molar-refractivity contribution is -0.130. The van der Waals surface area contributed by atoms with Crippen LogP contribution in [0, 0.1) is 0 Å². The van der Waals surface area contributed by atoms with E-state index >= 15 is 0 Å². The highest BCUT2D eigenvalue weighted by Gasteiger charge is 2.18. The van der Waals surface area contributed by atoms with Crippen molar-refractivity contribution in [2.24, 2.45) is 0 Å². The lowest BCUT2D eigenvalue weighted by Crippen LogP contribution is -2.49. The predicted octanol–water partition coefficient (Wildman–Crippen LogP) is 2.87. The van der Waals surface area contributed by atoms with Crippen molar-refractivity contribution >= 4 is 22.6 Å². The zero-order valence-corrected chi connectivity index (χ0v) is 16.1. The van der Waals surface area contributed by atoms with Crippen LogP contribution in [0.15, 0.2) is 54.6 Å². The van der Waals surface area contributed by atoms with Gasteiger partial charge in [-0.05, 0) is 12.1 Å². The van der Waals surface area contributed by atoms with E-state index in [0.29, 0.717) is 0 Å². The maximum absolute atomic E-state index is 11.5. The molecule has 3 aromatic rings. The van der Waals surface area contributed by atoms with Crippen molar-refractivity contribution in [3.8, 4) is 11.4 Å². The first-order valence-electron chi connectivity index (χ1n) is 9.74. The van der Waals surface area contributed by atoms with Crippen LogP contribution < -0.4 is 5.32 Å². The summed E-state index contributed by atoms with van der Waals surface area (Å²) < 4.78 is 0. The summed E-state index contributed by atoms with van der Waals surface area (Å²) >= 11 is 0. The Hall–Kier alpha value is -2.99. The summed E-state index contributed by atoms with van der Waals surface area (Å²) in [5, 5.41) is 4.54. The second kappa shape index (κ2) is 8.35. The molecule has 0 radical (unpaired) electrons. The van der Waals surface area contributed by atoms with Gasteiger partial charge in [0.2, 0.25) is 5.91 Å². The van der Waals surface area contributed by atoms with E-state index < -0.39 is 0 Å². The van der Waals surface area contributed by atoms with Crippen molar-refractivity contribution < 1.29 is 4.79 Å². The first-order valence-corrected chi connectivity index (χ1v) is 9.74. The van der Waals surface area contributed by atoms with E-state index in [0.717, 1.165) is 67.4 Å². The SMILES string of the molecule is CC(=O)N1CCN(CCNc2nc(-c3ccccc3)nc3ccccc23)CC1. The molecule has 0 atom stereocenters. The van der Waals surface area contributed by atoms with E-state index in [1.165, 1.54) is 0 Å². The van der Waals surface area contributed by atoms with E-state index in [4.69, 9.17) is 9.97 Å². The molecule has 1 saturated heterocycles. The number of nitrogens with zero attached hydrogens (tertiary/aromatic N) is 4.